The summed E-state index contributed by atoms with van der Waals surface area (Å²) < 4.78 is 30.6. The molecule has 27 heavy (non-hydrogen) atoms. The standard InChI is InChI=1S/C20H17ClFNO3S/c21-16-5-1-15(2-6-16)12-27(25)13-18-9-10-19(26-18)20(24)23-11-14-3-7-17(22)8-4-14/h1-10H,11-13H2,(H,23,24). The number of rotatable bonds is 7. The Morgan fingerprint density at radius 3 is 2.33 bits per heavy atom. The summed E-state index contributed by atoms with van der Waals surface area (Å²) in [5.41, 5.74) is 1.70. The lowest BCUT2D eigenvalue weighted by molar-refractivity contribution is 0.0921. The number of benzene rings is 2. The van der Waals surface area contributed by atoms with Crippen LogP contribution in [0.1, 0.15) is 27.4 Å². The van der Waals surface area contributed by atoms with Crippen molar-refractivity contribution in [3.8, 4) is 0 Å². The molecule has 0 saturated heterocycles. The molecule has 1 heterocycles. The molecule has 0 aliphatic rings. The van der Waals surface area contributed by atoms with E-state index in [2.05, 4.69) is 5.32 Å². The molecule has 0 radical (unpaired) electrons. The summed E-state index contributed by atoms with van der Waals surface area (Å²) in [6.07, 6.45) is 0. The maximum absolute atomic E-state index is 12.9. The summed E-state index contributed by atoms with van der Waals surface area (Å²) in [6, 6.07) is 16.2. The van der Waals surface area contributed by atoms with E-state index < -0.39 is 10.8 Å². The van der Waals surface area contributed by atoms with Crippen LogP contribution in [0.15, 0.2) is 65.1 Å². The molecular formula is C20H17ClFNO3S. The molecule has 0 bridgehead atoms. The monoisotopic (exact) mass is 405 g/mol. The fourth-order valence-corrected chi connectivity index (χ4v) is 3.69. The number of carbonyl (C=O) groups excluding carboxylic acids is 1. The number of nitrogens with one attached hydrogen (secondary N) is 1. The summed E-state index contributed by atoms with van der Waals surface area (Å²) >= 11 is 5.84. The zero-order valence-electron chi connectivity index (χ0n) is 14.3. The van der Waals surface area contributed by atoms with Crippen molar-refractivity contribution >= 4 is 28.3 Å². The van der Waals surface area contributed by atoms with Crippen LogP contribution >= 0.6 is 11.6 Å². The molecule has 140 valence electrons. The first-order valence-electron chi connectivity index (χ1n) is 8.20. The Bertz CT molecular complexity index is 939. The summed E-state index contributed by atoms with van der Waals surface area (Å²) in [5.74, 6) is 0.518. The normalized spacial score (nSPS) is 11.9. The molecule has 1 atom stereocenters. The molecule has 7 heteroatoms. The molecule has 4 nitrogen and oxygen atoms in total. The van der Waals surface area contributed by atoms with E-state index in [-0.39, 0.29) is 29.8 Å². The van der Waals surface area contributed by atoms with Gasteiger partial charge in [0.2, 0.25) is 0 Å². The van der Waals surface area contributed by atoms with Crippen LogP contribution in [0.4, 0.5) is 4.39 Å². The van der Waals surface area contributed by atoms with Gasteiger partial charge in [0.15, 0.2) is 5.76 Å². The maximum Gasteiger partial charge on any atom is 0.287 e. The third kappa shape index (κ3) is 5.77. The molecule has 0 aliphatic carbocycles. The van der Waals surface area contributed by atoms with Gasteiger partial charge in [-0.15, -0.1) is 0 Å². The van der Waals surface area contributed by atoms with E-state index in [0.717, 1.165) is 11.1 Å². The van der Waals surface area contributed by atoms with Crippen LogP contribution in [0.2, 0.25) is 5.02 Å². The number of halogens is 2. The van der Waals surface area contributed by atoms with E-state index in [9.17, 15) is 13.4 Å². The van der Waals surface area contributed by atoms with E-state index in [4.69, 9.17) is 16.0 Å². The smallest absolute Gasteiger partial charge is 0.287 e. The molecule has 1 unspecified atom stereocenters. The van der Waals surface area contributed by atoms with Gasteiger partial charge in [-0.25, -0.2) is 4.39 Å². The van der Waals surface area contributed by atoms with Gasteiger partial charge in [-0.05, 0) is 47.5 Å². The Labute approximate surface area is 163 Å². The van der Waals surface area contributed by atoms with Gasteiger partial charge < -0.3 is 9.73 Å². The highest BCUT2D eigenvalue weighted by atomic mass is 35.5. The molecule has 1 amide bonds. The summed E-state index contributed by atoms with van der Waals surface area (Å²) in [7, 11) is -1.17. The van der Waals surface area contributed by atoms with Gasteiger partial charge in [0.05, 0.1) is 5.75 Å². The van der Waals surface area contributed by atoms with Crippen molar-refractivity contribution in [1.82, 2.24) is 5.32 Å². The zero-order chi connectivity index (χ0) is 19.2. The third-order valence-electron chi connectivity index (χ3n) is 3.80. The van der Waals surface area contributed by atoms with Gasteiger partial charge >= 0.3 is 0 Å². The van der Waals surface area contributed by atoms with Crippen molar-refractivity contribution in [3.63, 3.8) is 0 Å². The number of amides is 1. The minimum Gasteiger partial charge on any atom is -0.455 e. The highest BCUT2D eigenvalue weighted by molar-refractivity contribution is 7.83. The van der Waals surface area contributed by atoms with Crippen molar-refractivity contribution in [3.05, 3.63) is 94.2 Å². The van der Waals surface area contributed by atoms with Gasteiger partial charge in [0, 0.05) is 28.1 Å². The second-order valence-corrected chi connectivity index (χ2v) is 7.82. The van der Waals surface area contributed by atoms with Gasteiger partial charge in [-0.3, -0.25) is 9.00 Å². The summed E-state index contributed by atoms with van der Waals surface area (Å²) in [5, 5.41) is 3.33. The van der Waals surface area contributed by atoms with Gasteiger partial charge in [-0.2, -0.15) is 0 Å². The third-order valence-corrected chi connectivity index (χ3v) is 5.31. The molecule has 1 N–H and O–H groups in total. The average Bonchev–Trinajstić information content (AvgIpc) is 3.11. The lowest BCUT2D eigenvalue weighted by Gasteiger charge is -2.04. The molecule has 3 rings (SSSR count). The number of furan rings is 1. The SMILES string of the molecule is O=C(NCc1ccc(F)cc1)c1ccc(CS(=O)Cc2ccc(Cl)cc2)o1. The van der Waals surface area contributed by atoms with Crippen molar-refractivity contribution in [2.45, 2.75) is 18.1 Å². The predicted octanol–water partition coefficient (Wildman–Crippen LogP) is 4.45. The fourth-order valence-electron chi connectivity index (χ4n) is 2.43. The zero-order valence-corrected chi connectivity index (χ0v) is 15.9. The molecular weight excluding hydrogens is 389 g/mol. The Balaban J connectivity index is 1.52. The molecule has 0 saturated carbocycles. The van der Waals surface area contributed by atoms with E-state index >= 15 is 0 Å². The van der Waals surface area contributed by atoms with Crippen LogP contribution in [-0.2, 0) is 28.9 Å². The highest BCUT2D eigenvalue weighted by Gasteiger charge is 2.13. The Morgan fingerprint density at radius 1 is 0.963 bits per heavy atom. The summed E-state index contributed by atoms with van der Waals surface area (Å²) in [6.45, 7) is 0.262. The molecule has 0 aliphatic heterocycles. The van der Waals surface area contributed by atoms with Crippen LogP contribution in [0.25, 0.3) is 0 Å². The van der Waals surface area contributed by atoms with Crippen molar-refractivity contribution in [1.29, 1.82) is 0 Å². The minimum absolute atomic E-state index is 0.149. The van der Waals surface area contributed by atoms with Crippen molar-refractivity contribution in [2.75, 3.05) is 0 Å². The van der Waals surface area contributed by atoms with E-state index in [1.165, 1.54) is 12.1 Å². The number of carbonyl (C=O) groups is 1. The lowest BCUT2D eigenvalue weighted by atomic mass is 10.2. The second-order valence-electron chi connectivity index (χ2n) is 5.93. The Morgan fingerprint density at radius 2 is 1.63 bits per heavy atom. The van der Waals surface area contributed by atoms with Crippen molar-refractivity contribution in [2.24, 2.45) is 0 Å². The van der Waals surface area contributed by atoms with Crippen LogP contribution in [0, 0.1) is 5.82 Å². The predicted molar refractivity (Wildman–Crippen MR) is 103 cm³/mol. The summed E-state index contributed by atoms with van der Waals surface area (Å²) in [4.78, 5) is 12.1. The first-order valence-corrected chi connectivity index (χ1v) is 10.1. The number of hydrogen-bond donors (Lipinski definition) is 1. The average molecular weight is 406 g/mol. The van der Waals surface area contributed by atoms with Gasteiger partial charge in [-0.1, -0.05) is 35.9 Å². The topological polar surface area (TPSA) is 59.3 Å². The van der Waals surface area contributed by atoms with Crippen LogP contribution in [-0.4, -0.2) is 10.1 Å². The van der Waals surface area contributed by atoms with Gasteiger partial charge in [0.1, 0.15) is 11.6 Å². The fraction of sp³-hybridized carbons (Fsp3) is 0.150. The molecule has 3 aromatic rings. The first kappa shape index (κ1) is 19.3. The lowest BCUT2D eigenvalue weighted by Crippen LogP contribution is -2.22. The molecule has 1 aromatic heterocycles. The Kier molecular flexibility index (Phi) is 6.42. The highest BCUT2D eigenvalue weighted by Crippen LogP contribution is 2.15. The van der Waals surface area contributed by atoms with Crippen LogP contribution < -0.4 is 5.32 Å². The minimum atomic E-state index is -1.17. The molecule has 2 aromatic carbocycles. The molecule has 0 fully saturated rings. The van der Waals surface area contributed by atoms with E-state index in [1.807, 2.05) is 12.1 Å². The van der Waals surface area contributed by atoms with Crippen molar-refractivity contribution < 1.29 is 17.8 Å². The largest absolute Gasteiger partial charge is 0.455 e. The van der Waals surface area contributed by atoms with E-state index in [1.54, 1.807) is 36.4 Å². The van der Waals surface area contributed by atoms with Crippen LogP contribution in [0.3, 0.4) is 0 Å². The Hall–Kier alpha value is -2.44. The van der Waals surface area contributed by atoms with Gasteiger partial charge in [0.25, 0.3) is 5.91 Å². The quantitative estimate of drug-likeness (QED) is 0.631. The first-order chi connectivity index (χ1) is 13.0. The maximum atomic E-state index is 12.9. The van der Waals surface area contributed by atoms with Crippen LogP contribution in [0.5, 0.6) is 0 Å². The second kappa shape index (κ2) is 8.97. The molecule has 0 spiro atoms. The van der Waals surface area contributed by atoms with E-state index in [0.29, 0.717) is 16.5 Å². The number of hydrogen-bond acceptors (Lipinski definition) is 3.